The highest BCUT2D eigenvalue weighted by molar-refractivity contribution is 6.04. The Bertz CT molecular complexity index is 582. The van der Waals surface area contributed by atoms with E-state index in [1.165, 1.54) is 10.9 Å². The van der Waals surface area contributed by atoms with Gasteiger partial charge in [-0.25, -0.2) is 0 Å². The Morgan fingerprint density at radius 2 is 2.41 bits per heavy atom. The topological polar surface area (TPSA) is 83.6 Å². The second-order valence-corrected chi connectivity index (χ2v) is 3.37. The summed E-state index contributed by atoms with van der Waals surface area (Å²) in [4.78, 5) is 15.6. The van der Waals surface area contributed by atoms with Crippen LogP contribution in [0, 0.1) is 11.3 Å². The number of aryl methyl sites for hydroxylation is 1. The molecule has 0 bridgehead atoms. The molecule has 0 saturated heterocycles. The van der Waals surface area contributed by atoms with E-state index in [-0.39, 0.29) is 11.7 Å². The highest BCUT2D eigenvalue weighted by atomic mass is 16.1. The summed E-state index contributed by atoms with van der Waals surface area (Å²) in [6.07, 6.45) is 4.57. The zero-order valence-corrected chi connectivity index (χ0v) is 9.08. The fourth-order valence-corrected chi connectivity index (χ4v) is 1.34. The van der Waals surface area contributed by atoms with Crippen LogP contribution >= 0.6 is 0 Å². The van der Waals surface area contributed by atoms with Gasteiger partial charge in [-0.3, -0.25) is 14.5 Å². The van der Waals surface area contributed by atoms with Gasteiger partial charge in [0.25, 0.3) is 5.91 Å². The third kappa shape index (κ3) is 2.29. The average Bonchev–Trinajstić information content (AvgIpc) is 2.70. The Hall–Kier alpha value is -2.68. The van der Waals surface area contributed by atoms with Gasteiger partial charge < -0.3 is 5.32 Å². The molecule has 0 aromatic carbocycles. The Labute approximate surface area is 97.5 Å². The third-order valence-electron chi connectivity index (χ3n) is 2.10. The molecule has 0 saturated carbocycles. The van der Waals surface area contributed by atoms with Gasteiger partial charge in [-0.05, 0) is 12.1 Å². The molecule has 2 aromatic heterocycles. The van der Waals surface area contributed by atoms with Crippen LogP contribution < -0.4 is 5.32 Å². The fraction of sp³-hybridized carbons (Fsp3) is 0.0909. The van der Waals surface area contributed by atoms with Crippen LogP contribution in [0.2, 0.25) is 0 Å². The molecule has 17 heavy (non-hydrogen) atoms. The van der Waals surface area contributed by atoms with Gasteiger partial charge in [0.1, 0.15) is 11.6 Å². The van der Waals surface area contributed by atoms with Crippen LogP contribution in [0.4, 0.5) is 5.82 Å². The van der Waals surface area contributed by atoms with Crippen molar-refractivity contribution in [3.05, 3.63) is 41.9 Å². The highest BCUT2D eigenvalue weighted by Gasteiger charge is 2.12. The zero-order chi connectivity index (χ0) is 12.3. The van der Waals surface area contributed by atoms with Crippen molar-refractivity contribution in [3.8, 4) is 6.07 Å². The molecule has 0 spiro atoms. The smallest absolute Gasteiger partial charge is 0.258 e. The van der Waals surface area contributed by atoms with Crippen LogP contribution in [-0.4, -0.2) is 20.7 Å². The summed E-state index contributed by atoms with van der Waals surface area (Å²) in [6.45, 7) is 0. The van der Waals surface area contributed by atoms with Gasteiger partial charge >= 0.3 is 0 Å². The van der Waals surface area contributed by atoms with Crippen LogP contribution in [0.3, 0.4) is 0 Å². The Morgan fingerprint density at radius 1 is 1.59 bits per heavy atom. The number of pyridine rings is 1. The average molecular weight is 227 g/mol. The molecule has 1 N–H and O–H groups in total. The largest absolute Gasteiger partial charge is 0.304 e. The number of carbonyl (C=O) groups excluding carboxylic acids is 1. The molecule has 0 unspecified atom stereocenters. The first kappa shape index (κ1) is 10.8. The van der Waals surface area contributed by atoms with E-state index >= 15 is 0 Å². The van der Waals surface area contributed by atoms with Gasteiger partial charge in [-0.2, -0.15) is 10.4 Å². The molecule has 6 nitrogen and oxygen atoms in total. The Balaban J connectivity index is 2.22. The van der Waals surface area contributed by atoms with Gasteiger partial charge in [0.15, 0.2) is 5.82 Å². The van der Waals surface area contributed by atoms with E-state index in [9.17, 15) is 4.79 Å². The number of carbonyl (C=O) groups is 1. The van der Waals surface area contributed by atoms with Gasteiger partial charge in [-0.15, -0.1) is 0 Å². The molecular formula is C11H9N5O. The summed E-state index contributed by atoms with van der Waals surface area (Å²) in [7, 11) is 1.68. The Kier molecular flexibility index (Phi) is 2.83. The van der Waals surface area contributed by atoms with Crippen LogP contribution in [0.1, 0.15) is 15.9 Å². The minimum absolute atomic E-state index is 0.254. The van der Waals surface area contributed by atoms with E-state index in [1.54, 1.807) is 31.6 Å². The molecule has 0 fully saturated rings. The van der Waals surface area contributed by atoms with Crippen molar-refractivity contribution in [2.75, 3.05) is 5.32 Å². The maximum Gasteiger partial charge on any atom is 0.258 e. The second-order valence-electron chi connectivity index (χ2n) is 3.37. The van der Waals surface area contributed by atoms with Gasteiger partial charge in [0, 0.05) is 25.6 Å². The van der Waals surface area contributed by atoms with Crippen molar-refractivity contribution in [2.24, 2.45) is 7.05 Å². The summed E-state index contributed by atoms with van der Waals surface area (Å²) in [5.41, 5.74) is 0.742. The number of hydrogen-bond acceptors (Lipinski definition) is 4. The molecule has 2 rings (SSSR count). The second kappa shape index (κ2) is 4.45. The summed E-state index contributed by atoms with van der Waals surface area (Å²) in [5, 5.41) is 15.4. The normalized spacial score (nSPS) is 9.65. The first-order valence-corrected chi connectivity index (χ1v) is 4.86. The SMILES string of the molecule is Cn1cc(C#N)c(NC(=O)c2cccnc2)n1. The number of anilines is 1. The van der Waals surface area contributed by atoms with Crippen LogP contribution in [0.5, 0.6) is 0 Å². The van der Waals surface area contributed by atoms with Crippen molar-refractivity contribution in [2.45, 2.75) is 0 Å². The van der Waals surface area contributed by atoms with Crippen LogP contribution in [0.25, 0.3) is 0 Å². The Morgan fingerprint density at radius 3 is 3.06 bits per heavy atom. The van der Waals surface area contributed by atoms with Crippen molar-refractivity contribution < 1.29 is 4.79 Å². The van der Waals surface area contributed by atoms with E-state index in [0.717, 1.165) is 0 Å². The maximum atomic E-state index is 11.8. The highest BCUT2D eigenvalue weighted by Crippen LogP contribution is 2.12. The third-order valence-corrected chi connectivity index (χ3v) is 2.10. The summed E-state index contributed by atoms with van der Waals surface area (Å²) >= 11 is 0. The van der Waals surface area contributed by atoms with Gasteiger partial charge in [0.2, 0.25) is 0 Å². The molecule has 0 aliphatic carbocycles. The minimum Gasteiger partial charge on any atom is -0.304 e. The van der Waals surface area contributed by atoms with Crippen LogP contribution in [-0.2, 0) is 7.05 Å². The maximum absolute atomic E-state index is 11.8. The van der Waals surface area contributed by atoms with Crippen molar-refractivity contribution in [1.82, 2.24) is 14.8 Å². The lowest BCUT2D eigenvalue weighted by Crippen LogP contribution is -2.13. The number of nitriles is 1. The molecule has 6 heteroatoms. The van der Waals surface area contributed by atoms with E-state index in [1.807, 2.05) is 6.07 Å². The van der Waals surface area contributed by atoms with Gasteiger partial charge in [0.05, 0.1) is 5.56 Å². The van der Waals surface area contributed by atoms with Crippen molar-refractivity contribution >= 4 is 11.7 Å². The first-order chi connectivity index (χ1) is 8.20. The molecule has 0 aliphatic rings. The number of hydrogen-bond donors (Lipinski definition) is 1. The predicted octanol–water partition coefficient (Wildman–Crippen LogP) is 0.939. The summed E-state index contributed by atoms with van der Waals surface area (Å²) in [5.74, 6) is -0.0860. The number of nitrogens with zero attached hydrogens (tertiary/aromatic N) is 4. The monoisotopic (exact) mass is 227 g/mol. The predicted molar refractivity (Wildman–Crippen MR) is 60.1 cm³/mol. The molecule has 0 radical (unpaired) electrons. The lowest BCUT2D eigenvalue weighted by molar-refractivity contribution is 0.102. The summed E-state index contributed by atoms with van der Waals surface area (Å²) in [6, 6.07) is 5.26. The lowest BCUT2D eigenvalue weighted by Gasteiger charge is -2.01. The molecule has 84 valence electrons. The molecule has 0 aliphatic heterocycles. The number of amides is 1. The molecule has 2 heterocycles. The molecule has 2 aromatic rings. The van der Waals surface area contributed by atoms with E-state index in [0.29, 0.717) is 11.1 Å². The molecule has 1 amide bonds. The molecular weight excluding hydrogens is 218 g/mol. The quantitative estimate of drug-likeness (QED) is 0.827. The minimum atomic E-state index is -0.340. The van der Waals surface area contributed by atoms with E-state index < -0.39 is 0 Å². The summed E-state index contributed by atoms with van der Waals surface area (Å²) < 4.78 is 1.47. The number of nitrogens with one attached hydrogen (secondary N) is 1. The zero-order valence-electron chi connectivity index (χ0n) is 9.08. The molecule has 0 atom stereocenters. The lowest BCUT2D eigenvalue weighted by atomic mass is 10.2. The van der Waals surface area contributed by atoms with E-state index in [2.05, 4.69) is 15.4 Å². The van der Waals surface area contributed by atoms with Crippen molar-refractivity contribution in [1.29, 1.82) is 5.26 Å². The fourth-order valence-electron chi connectivity index (χ4n) is 1.34. The number of rotatable bonds is 2. The standard InChI is InChI=1S/C11H9N5O/c1-16-7-9(5-12)10(15-16)14-11(17)8-3-2-4-13-6-8/h2-4,6-7H,1H3,(H,14,15,17). The van der Waals surface area contributed by atoms with E-state index in [4.69, 9.17) is 5.26 Å². The van der Waals surface area contributed by atoms with Crippen LogP contribution in [0.15, 0.2) is 30.7 Å². The van der Waals surface area contributed by atoms with Gasteiger partial charge in [-0.1, -0.05) is 0 Å². The van der Waals surface area contributed by atoms with Crippen molar-refractivity contribution in [3.63, 3.8) is 0 Å². The first-order valence-electron chi connectivity index (χ1n) is 4.86. The number of aromatic nitrogens is 3.